The summed E-state index contributed by atoms with van der Waals surface area (Å²) in [7, 11) is -3.84. The summed E-state index contributed by atoms with van der Waals surface area (Å²) in [5.74, 6) is 0. The Balaban J connectivity index is 1.55. The van der Waals surface area contributed by atoms with Crippen LogP contribution in [0, 0.1) is 10.1 Å². The van der Waals surface area contributed by atoms with Crippen molar-refractivity contribution in [3.63, 3.8) is 0 Å². The molecule has 0 spiro atoms. The van der Waals surface area contributed by atoms with E-state index in [2.05, 4.69) is 9.71 Å². The average Bonchev–Trinajstić information content (AvgIpc) is 3.24. The third-order valence-corrected chi connectivity index (χ3v) is 6.05. The van der Waals surface area contributed by atoms with E-state index in [1.54, 1.807) is 24.3 Å². The van der Waals surface area contributed by atoms with Crippen molar-refractivity contribution in [2.75, 3.05) is 4.72 Å². The van der Waals surface area contributed by atoms with Gasteiger partial charge in [0.15, 0.2) is 4.96 Å². The van der Waals surface area contributed by atoms with Gasteiger partial charge in [-0.2, -0.15) is 0 Å². The number of hydrogen-bond donors (Lipinski definition) is 1. The number of nitrogens with zero attached hydrogens (tertiary/aromatic N) is 3. The summed E-state index contributed by atoms with van der Waals surface area (Å²) in [5, 5.41) is 12.6. The summed E-state index contributed by atoms with van der Waals surface area (Å²) in [5.41, 5.74) is 1.88. The highest BCUT2D eigenvalue weighted by Crippen LogP contribution is 2.24. The molecule has 1 N–H and O–H groups in total. The van der Waals surface area contributed by atoms with Gasteiger partial charge in [0.25, 0.3) is 15.7 Å². The number of imidazole rings is 1. The number of nitro benzene ring substituents is 1. The maximum atomic E-state index is 12.4. The Bertz CT molecular complexity index is 1200. The fourth-order valence-electron chi connectivity index (χ4n) is 2.54. The first kappa shape index (κ1) is 17.2. The van der Waals surface area contributed by atoms with Crippen molar-refractivity contribution in [2.24, 2.45) is 0 Å². The van der Waals surface area contributed by atoms with Gasteiger partial charge in [0.1, 0.15) is 0 Å². The molecule has 0 saturated heterocycles. The number of anilines is 1. The van der Waals surface area contributed by atoms with Crippen LogP contribution in [-0.2, 0) is 10.0 Å². The molecule has 0 radical (unpaired) electrons. The van der Waals surface area contributed by atoms with E-state index < -0.39 is 14.9 Å². The van der Waals surface area contributed by atoms with E-state index in [4.69, 9.17) is 0 Å². The van der Waals surface area contributed by atoms with Crippen LogP contribution in [0.1, 0.15) is 0 Å². The van der Waals surface area contributed by atoms with Crippen LogP contribution in [0.4, 0.5) is 11.4 Å². The second kappa shape index (κ2) is 6.49. The first-order valence-corrected chi connectivity index (χ1v) is 10.1. The standard InChI is InChI=1S/C17H12N4O4S2/c22-21(23)14-5-7-15(8-6-14)27(24,25)19-13-3-1-12(2-4-13)16-11-20-9-10-26-17(20)18-16/h1-11,19H. The van der Waals surface area contributed by atoms with Gasteiger partial charge in [-0.3, -0.25) is 19.2 Å². The van der Waals surface area contributed by atoms with Crippen LogP contribution in [-0.4, -0.2) is 22.7 Å². The molecule has 0 unspecified atom stereocenters. The van der Waals surface area contributed by atoms with Gasteiger partial charge in [-0.05, 0) is 24.3 Å². The van der Waals surface area contributed by atoms with Crippen LogP contribution in [0.15, 0.2) is 71.2 Å². The zero-order chi connectivity index (χ0) is 19.0. The largest absolute Gasteiger partial charge is 0.297 e. The smallest absolute Gasteiger partial charge is 0.269 e. The minimum atomic E-state index is -3.84. The van der Waals surface area contributed by atoms with Crippen molar-refractivity contribution < 1.29 is 13.3 Å². The van der Waals surface area contributed by atoms with E-state index in [1.165, 1.54) is 23.5 Å². The molecule has 0 fully saturated rings. The number of thiazole rings is 1. The van der Waals surface area contributed by atoms with Gasteiger partial charge in [0.2, 0.25) is 0 Å². The molecule has 4 rings (SSSR count). The van der Waals surface area contributed by atoms with Crippen LogP contribution in [0.2, 0.25) is 0 Å². The lowest BCUT2D eigenvalue weighted by molar-refractivity contribution is -0.384. The molecule has 0 saturated carbocycles. The Morgan fingerprint density at radius 2 is 1.78 bits per heavy atom. The normalized spacial score (nSPS) is 11.6. The van der Waals surface area contributed by atoms with Gasteiger partial charge in [0.05, 0.1) is 15.5 Å². The zero-order valence-electron chi connectivity index (χ0n) is 13.6. The molecular weight excluding hydrogens is 388 g/mol. The maximum Gasteiger partial charge on any atom is 0.269 e. The van der Waals surface area contributed by atoms with Crippen LogP contribution in [0.5, 0.6) is 0 Å². The summed E-state index contributed by atoms with van der Waals surface area (Å²) in [6.07, 6.45) is 3.82. The van der Waals surface area contributed by atoms with Gasteiger partial charge in [-0.1, -0.05) is 12.1 Å². The maximum absolute atomic E-state index is 12.4. The number of nitrogens with one attached hydrogen (secondary N) is 1. The fraction of sp³-hybridized carbons (Fsp3) is 0. The van der Waals surface area contributed by atoms with E-state index in [0.29, 0.717) is 5.69 Å². The minimum absolute atomic E-state index is 0.0495. The van der Waals surface area contributed by atoms with Gasteiger partial charge >= 0.3 is 0 Å². The highest BCUT2D eigenvalue weighted by molar-refractivity contribution is 7.92. The van der Waals surface area contributed by atoms with E-state index in [0.717, 1.165) is 28.4 Å². The molecule has 2 heterocycles. The second-order valence-corrected chi connectivity index (χ2v) is 8.21. The topological polar surface area (TPSA) is 107 Å². The van der Waals surface area contributed by atoms with Crippen molar-refractivity contribution in [3.8, 4) is 11.3 Å². The molecule has 10 heteroatoms. The fourth-order valence-corrected chi connectivity index (χ4v) is 4.30. The summed E-state index contributed by atoms with van der Waals surface area (Å²) in [6.45, 7) is 0. The first-order valence-electron chi connectivity index (χ1n) is 7.72. The van der Waals surface area contributed by atoms with Crippen molar-refractivity contribution in [1.29, 1.82) is 0 Å². The Labute approximate surface area is 157 Å². The van der Waals surface area contributed by atoms with Gasteiger partial charge in [0, 0.05) is 41.2 Å². The molecular formula is C17H12N4O4S2. The average molecular weight is 400 g/mol. The van der Waals surface area contributed by atoms with Crippen LogP contribution in [0.3, 0.4) is 0 Å². The Kier molecular flexibility index (Phi) is 4.13. The summed E-state index contributed by atoms with van der Waals surface area (Å²) in [6, 6.07) is 11.6. The van der Waals surface area contributed by atoms with Crippen LogP contribution < -0.4 is 4.72 Å². The lowest BCUT2D eigenvalue weighted by Gasteiger charge is -2.08. The van der Waals surface area contributed by atoms with Gasteiger partial charge < -0.3 is 0 Å². The Morgan fingerprint density at radius 1 is 1.07 bits per heavy atom. The number of hydrogen-bond acceptors (Lipinski definition) is 6. The lowest BCUT2D eigenvalue weighted by Crippen LogP contribution is -2.12. The molecule has 27 heavy (non-hydrogen) atoms. The lowest BCUT2D eigenvalue weighted by atomic mass is 10.1. The molecule has 2 aromatic carbocycles. The molecule has 0 bridgehead atoms. The molecule has 0 aliphatic carbocycles. The molecule has 2 aromatic heterocycles. The van der Waals surface area contributed by atoms with Crippen molar-refractivity contribution >= 4 is 37.7 Å². The van der Waals surface area contributed by atoms with Crippen LogP contribution in [0.25, 0.3) is 16.2 Å². The predicted octanol–water partition coefficient (Wildman–Crippen LogP) is 3.77. The van der Waals surface area contributed by atoms with E-state index >= 15 is 0 Å². The van der Waals surface area contributed by atoms with E-state index in [1.807, 2.05) is 22.2 Å². The molecule has 136 valence electrons. The number of rotatable bonds is 5. The van der Waals surface area contributed by atoms with Crippen molar-refractivity contribution in [3.05, 3.63) is 76.4 Å². The molecule has 4 aromatic rings. The number of nitro groups is 1. The first-order chi connectivity index (χ1) is 12.9. The Hall–Kier alpha value is -3.24. The third kappa shape index (κ3) is 3.39. The van der Waals surface area contributed by atoms with Crippen molar-refractivity contribution in [2.45, 2.75) is 4.90 Å². The monoisotopic (exact) mass is 400 g/mol. The summed E-state index contributed by atoms with van der Waals surface area (Å²) in [4.78, 5) is 15.4. The number of non-ortho nitro benzene ring substituents is 1. The summed E-state index contributed by atoms with van der Waals surface area (Å²) < 4.78 is 29.2. The highest BCUT2D eigenvalue weighted by Gasteiger charge is 2.16. The molecule has 0 amide bonds. The predicted molar refractivity (Wildman–Crippen MR) is 102 cm³/mol. The highest BCUT2D eigenvalue weighted by atomic mass is 32.2. The summed E-state index contributed by atoms with van der Waals surface area (Å²) >= 11 is 1.53. The molecule has 0 aliphatic heterocycles. The van der Waals surface area contributed by atoms with Gasteiger partial charge in [-0.25, -0.2) is 13.4 Å². The number of benzene rings is 2. The second-order valence-electron chi connectivity index (χ2n) is 5.65. The minimum Gasteiger partial charge on any atom is -0.297 e. The molecule has 8 nitrogen and oxygen atoms in total. The number of fused-ring (bicyclic) bond motifs is 1. The SMILES string of the molecule is O=[N+]([O-])c1ccc(S(=O)(=O)Nc2ccc(-c3cn4ccsc4n3)cc2)cc1. The number of sulfonamides is 1. The van der Waals surface area contributed by atoms with E-state index in [-0.39, 0.29) is 10.6 Å². The van der Waals surface area contributed by atoms with Gasteiger partial charge in [-0.15, -0.1) is 11.3 Å². The number of aromatic nitrogens is 2. The Morgan fingerprint density at radius 3 is 2.41 bits per heavy atom. The molecule has 0 aliphatic rings. The third-order valence-electron chi connectivity index (χ3n) is 3.88. The van der Waals surface area contributed by atoms with Crippen molar-refractivity contribution in [1.82, 2.24) is 9.38 Å². The zero-order valence-corrected chi connectivity index (χ0v) is 15.3. The van der Waals surface area contributed by atoms with Crippen LogP contribution >= 0.6 is 11.3 Å². The van der Waals surface area contributed by atoms with E-state index in [9.17, 15) is 18.5 Å². The quantitative estimate of drug-likeness (QED) is 0.405. The molecule has 0 atom stereocenters.